The molecule has 0 bridgehead atoms. The first kappa shape index (κ1) is 13.3. The quantitative estimate of drug-likeness (QED) is 0.173. The SMILES string of the molecule is [2H]C1([2H])N(c2ccc3c(c2)[Si](C)(C)C2=CC(=[N+]4C([2H])([2H])C([2H])([2H])C([2H])([2H])C4([2H])[2H])C=CC2=C3c2c(F)c(F)c(F)c(F)c2C(=O)O)C([2H])([2H])C([2H])([2H])C1([2H])[2H]. The summed E-state index contributed by atoms with van der Waals surface area (Å²) in [6.45, 7) is -10.5. The number of carboxylic acid groups (broad SMARTS) is 1. The molecule has 2 aromatic rings. The molecular formula is C30H29F4N2O2Si+. The molecule has 0 amide bonds. The zero-order valence-corrected chi connectivity index (χ0v) is 21.2. The van der Waals surface area contributed by atoms with Gasteiger partial charge in [-0.25, -0.2) is 26.9 Å². The molecule has 1 N–H and O–H groups in total. The Morgan fingerprint density at radius 2 is 1.64 bits per heavy atom. The Labute approximate surface area is 247 Å². The van der Waals surface area contributed by atoms with Crippen molar-refractivity contribution in [1.82, 2.24) is 0 Å². The van der Waals surface area contributed by atoms with Crippen LogP contribution in [0.1, 0.15) is 68.9 Å². The van der Waals surface area contributed by atoms with Crippen LogP contribution in [0.3, 0.4) is 0 Å². The lowest BCUT2D eigenvalue weighted by Crippen LogP contribution is -2.50. The number of carboxylic acids is 1. The third-order valence-electron chi connectivity index (χ3n) is 6.93. The van der Waals surface area contributed by atoms with E-state index in [9.17, 15) is 14.3 Å². The Morgan fingerprint density at radius 3 is 2.31 bits per heavy atom. The molecule has 6 rings (SSSR count). The summed E-state index contributed by atoms with van der Waals surface area (Å²) in [7, 11) is -3.67. The number of anilines is 1. The second-order valence-electron chi connectivity index (χ2n) is 9.39. The molecule has 0 atom stereocenters. The molecule has 3 aliphatic heterocycles. The average molecular weight is 570 g/mol. The molecule has 2 fully saturated rings. The van der Waals surface area contributed by atoms with Crippen LogP contribution in [0, 0.1) is 23.3 Å². The van der Waals surface area contributed by atoms with Gasteiger partial charge in [-0.05, 0) is 58.0 Å². The van der Waals surface area contributed by atoms with Crippen molar-refractivity contribution in [3.8, 4) is 0 Å². The van der Waals surface area contributed by atoms with Gasteiger partial charge in [0, 0.05) is 65.6 Å². The number of rotatable bonds is 3. The van der Waals surface area contributed by atoms with Gasteiger partial charge in [0.1, 0.15) is 32.1 Å². The van der Waals surface area contributed by atoms with E-state index in [0.717, 1.165) is 36.4 Å². The fourth-order valence-corrected chi connectivity index (χ4v) is 8.16. The molecule has 39 heavy (non-hydrogen) atoms. The standard InChI is InChI=1S/C30H28F4N2O2Si/c1-39(2)21-15-17(35-11-3-4-12-35)7-9-19(21)23(20-10-8-18(16-22(20)39)36-13-5-6-14-36)24-25(30(37)38)27(32)29(34)28(33)26(24)31/h7-10,15-16H,3-6,11-14H2,1-2H3/p+1/i3D2,4D2,5D2,6D2,11D2,12D2,13D2,14D2. The van der Waals surface area contributed by atoms with Crippen LogP contribution >= 0.6 is 0 Å². The Morgan fingerprint density at radius 1 is 0.974 bits per heavy atom. The van der Waals surface area contributed by atoms with Crippen molar-refractivity contribution >= 4 is 36.2 Å². The van der Waals surface area contributed by atoms with Gasteiger partial charge < -0.3 is 10.0 Å². The number of fused-ring (bicyclic) bond motifs is 2. The monoisotopic (exact) mass is 569 g/mol. The summed E-state index contributed by atoms with van der Waals surface area (Å²) in [5.41, 5.74) is -5.03. The molecule has 2 saturated heterocycles. The van der Waals surface area contributed by atoms with E-state index in [-0.39, 0.29) is 31.0 Å². The molecule has 3 heterocycles. The molecule has 0 aromatic heterocycles. The van der Waals surface area contributed by atoms with Crippen LogP contribution in [-0.2, 0) is 0 Å². The van der Waals surface area contributed by atoms with Crippen molar-refractivity contribution in [1.29, 1.82) is 0 Å². The number of aromatic carboxylic acids is 1. The van der Waals surface area contributed by atoms with Gasteiger partial charge in [-0.15, -0.1) is 0 Å². The van der Waals surface area contributed by atoms with Crippen LogP contribution in [0.25, 0.3) is 5.57 Å². The van der Waals surface area contributed by atoms with Gasteiger partial charge in [0.05, 0.1) is 0 Å². The largest absolute Gasteiger partial charge is 0.478 e. The summed E-state index contributed by atoms with van der Waals surface area (Å²) in [6.07, 6.45) is -10.9. The second-order valence-corrected chi connectivity index (χ2v) is 13.7. The fraction of sp³-hybridized carbons (Fsp3) is 0.333. The summed E-state index contributed by atoms with van der Waals surface area (Å²) < 4.78 is 195. The topological polar surface area (TPSA) is 43.5 Å². The zero-order chi connectivity index (χ0) is 42.0. The van der Waals surface area contributed by atoms with E-state index in [1.54, 1.807) is 13.1 Å². The van der Waals surface area contributed by atoms with E-state index in [0.29, 0.717) is 0 Å². The predicted molar refractivity (Wildman–Crippen MR) is 146 cm³/mol. The van der Waals surface area contributed by atoms with Crippen molar-refractivity contribution in [2.45, 2.75) is 38.6 Å². The first-order valence-electron chi connectivity index (χ1n) is 19.5. The van der Waals surface area contributed by atoms with E-state index in [4.69, 9.17) is 21.9 Å². The van der Waals surface area contributed by atoms with E-state index < -0.39 is 117 Å². The number of nitrogens with zero attached hydrogens (tertiary/aromatic N) is 2. The highest BCUT2D eigenvalue weighted by Crippen LogP contribution is 2.44. The highest BCUT2D eigenvalue weighted by molar-refractivity contribution is 6.98. The number of benzene rings is 2. The van der Waals surface area contributed by atoms with Gasteiger partial charge in [-0.1, -0.05) is 19.2 Å². The van der Waals surface area contributed by atoms with E-state index in [2.05, 4.69) is 0 Å². The van der Waals surface area contributed by atoms with Crippen molar-refractivity contribution < 1.29 is 54.0 Å². The van der Waals surface area contributed by atoms with Crippen LogP contribution < -0.4 is 10.1 Å². The highest BCUT2D eigenvalue weighted by Gasteiger charge is 2.43. The van der Waals surface area contributed by atoms with Gasteiger partial charge in [0.15, 0.2) is 29.0 Å². The van der Waals surface area contributed by atoms with Crippen molar-refractivity contribution in [3.63, 3.8) is 0 Å². The molecule has 4 aliphatic rings. The minimum Gasteiger partial charge on any atom is -0.478 e. The van der Waals surface area contributed by atoms with Crippen LogP contribution in [-0.4, -0.2) is 55.4 Å². The van der Waals surface area contributed by atoms with Crippen molar-refractivity contribution in [2.75, 3.05) is 30.9 Å². The van der Waals surface area contributed by atoms with Gasteiger partial charge >= 0.3 is 5.97 Å². The van der Waals surface area contributed by atoms with E-state index in [1.807, 2.05) is 0 Å². The number of halogens is 4. The number of carbonyl (C=O) groups is 1. The Balaban J connectivity index is 1.77. The molecular weight excluding hydrogens is 524 g/mol. The Bertz CT molecular complexity index is 2220. The van der Waals surface area contributed by atoms with Crippen LogP contribution in [0.4, 0.5) is 23.2 Å². The molecule has 9 heteroatoms. The van der Waals surface area contributed by atoms with Crippen LogP contribution in [0.2, 0.25) is 13.1 Å². The predicted octanol–water partition coefficient (Wildman–Crippen LogP) is 5.56. The lowest BCUT2D eigenvalue weighted by molar-refractivity contribution is -0.504. The van der Waals surface area contributed by atoms with E-state index in [1.165, 1.54) is 0 Å². The van der Waals surface area contributed by atoms with Gasteiger partial charge in [-0.3, -0.25) is 0 Å². The maximum atomic E-state index is 16.0. The molecule has 4 nitrogen and oxygen atoms in total. The van der Waals surface area contributed by atoms with Crippen LogP contribution in [0.15, 0.2) is 47.2 Å². The smallest absolute Gasteiger partial charge is 0.339 e. The molecule has 0 spiro atoms. The summed E-state index contributed by atoms with van der Waals surface area (Å²) in [5.74, 6) is -11.6. The average Bonchev–Trinajstić information content (AvgIpc) is 3.17. The Hall–Kier alpha value is -3.46. The summed E-state index contributed by atoms with van der Waals surface area (Å²) in [4.78, 5) is 12.6. The third kappa shape index (κ3) is 3.92. The minimum absolute atomic E-state index is 0.0387. The third-order valence-corrected chi connectivity index (χ3v) is 10.5. The number of hydrogen-bond acceptors (Lipinski definition) is 2. The lowest BCUT2D eigenvalue weighted by atomic mass is 9.86. The molecule has 0 saturated carbocycles. The van der Waals surface area contributed by atoms with E-state index >= 15 is 13.2 Å². The van der Waals surface area contributed by atoms with Gasteiger partial charge in [-0.2, -0.15) is 0 Å². The Kier molecular flexibility index (Phi) is 3.17. The molecule has 1 aliphatic carbocycles. The second kappa shape index (κ2) is 9.33. The molecule has 0 unspecified atom stereocenters. The minimum atomic E-state index is -3.67. The summed E-state index contributed by atoms with van der Waals surface area (Å²) >= 11 is 0. The normalized spacial score (nSPS) is 36.4. The van der Waals surface area contributed by atoms with Crippen molar-refractivity contribution in [2.24, 2.45) is 0 Å². The maximum absolute atomic E-state index is 16.0. The molecule has 202 valence electrons. The fourth-order valence-electron chi connectivity index (χ4n) is 5.09. The maximum Gasteiger partial charge on any atom is 0.339 e. The number of allylic oxidation sites excluding steroid dienone is 5. The number of hydrogen-bond donors (Lipinski definition) is 1. The first-order valence-corrected chi connectivity index (χ1v) is 14.5. The zero-order valence-electron chi connectivity index (χ0n) is 36.2. The van der Waals surface area contributed by atoms with Crippen LogP contribution in [0.5, 0.6) is 0 Å². The molecule has 0 radical (unpaired) electrons. The molecule has 2 aromatic carbocycles. The first-order chi connectivity index (χ1) is 24.6. The van der Waals surface area contributed by atoms with Gasteiger partial charge in [0.2, 0.25) is 0 Å². The van der Waals surface area contributed by atoms with Gasteiger partial charge in [0.25, 0.3) is 0 Å². The summed E-state index contributed by atoms with van der Waals surface area (Å²) in [6, 6.07) is 3.07. The highest BCUT2D eigenvalue weighted by atomic mass is 28.3. The van der Waals surface area contributed by atoms with Crippen molar-refractivity contribution in [3.05, 3.63) is 87.2 Å². The lowest BCUT2D eigenvalue weighted by Gasteiger charge is -2.38. The summed E-state index contributed by atoms with van der Waals surface area (Å²) in [5, 5.41) is 9.92.